The van der Waals surface area contributed by atoms with Crippen molar-refractivity contribution in [3.05, 3.63) is 24.8 Å². The molecule has 0 aliphatic carbocycles. The van der Waals surface area contributed by atoms with Crippen molar-refractivity contribution in [2.45, 2.75) is 205 Å². The summed E-state index contributed by atoms with van der Waals surface area (Å²) in [7, 11) is -4.71. The molecule has 0 saturated heterocycles. The second kappa shape index (κ2) is 37.9. The summed E-state index contributed by atoms with van der Waals surface area (Å²) in [6.07, 6.45) is 37.0. The van der Waals surface area contributed by atoms with Gasteiger partial charge < -0.3 is 25.2 Å². The highest BCUT2D eigenvalue weighted by atomic mass is 31.2. The molecule has 316 valence electrons. The predicted octanol–water partition coefficient (Wildman–Crippen LogP) is 11.1. The van der Waals surface area contributed by atoms with Crippen molar-refractivity contribution >= 4 is 25.7 Å². The normalized spacial score (nSPS) is 13.8. The van der Waals surface area contributed by atoms with Gasteiger partial charge in [0, 0.05) is 12.8 Å². The Morgan fingerprint density at radius 1 is 0.611 bits per heavy atom. The summed E-state index contributed by atoms with van der Waals surface area (Å²) in [5.41, 5.74) is 5.33. The quantitative estimate of drug-likeness (QED) is 0.0233. The number of nitrogens with two attached hydrogens (primary N) is 1. The number of phosphoric ester groups is 1. The fourth-order valence-electron chi connectivity index (χ4n) is 5.91. The van der Waals surface area contributed by atoms with Gasteiger partial charge in [0.15, 0.2) is 6.10 Å². The highest BCUT2D eigenvalue weighted by molar-refractivity contribution is 7.47. The molecule has 11 nitrogen and oxygen atoms in total. The predicted molar refractivity (Wildman–Crippen MR) is 217 cm³/mol. The van der Waals surface area contributed by atoms with E-state index in [2.05, 4.69) is 30.2 Å². The summed E-state index contributed by atoms with van der Waals surface area (Å²) in [5, 5.41) is 8.88. The average Bonchev–Trinajstić information content (AvgIpc) is 3.14. The number of carboxylic acid groups (broad SMARTS) is 1. The summed E-state index contributed by atoms with van der Waals surface area (Å²) >= 11 is 0. The second-order valence-corrected chi connectivity index (χ2v) is 16.0. The van der Waals surface area contributed by atoms with E-state index in [1.165, 1.54) is 116 Å². The number of carbonyl (C=O) groups excluding carboxylic acids is 2. The first-order valence-electron chi connectivity index (χ1n) is 21.3. The molecular weight excluding hydrogens is 709 g/mol. The highest BCUT2D eigenvalue weighted by Gasteiger charge is 2.28. The smallest absolute Gasteiger partial charge is 0.472 e. The third kappa shape index (κ3) is 36.9. The van der Waals surface area contributed by atoms with Crippen molar-refractivity contribution < 1.29 is 47.5 Å². The van der Waals surface area contributed by atoms with Gasteiger partial charge in [0.2, 0.25) is 0 Å². The molecule has 0 radical (unpaired) electrons. The van der Waals surface area contributed by atoms with Crippen molar-refractivity contribution in [3.8, 4) is 0 Å². The molecule has 0 amide bonds. The highest BCUT2D eigenvalue weighted by Crippen LogP contribution is 2.43. The molecule has 0 fully saturated rings. The maximum Gasteiger partial charge on any atom is 0.472 e. The van der Waals surface area contributed by atoms with Crippen LogP contribution in [-0.4, -0.2) is 59.9 Å². The summed E-state index contributed by atoms with van der Waals surface area (Å²) in [5.74, 6) is -2.38. The van der Waals surface area contributed by atoms with E-state index in [4.69, 9.17) is 24.8 Å². The van der Waals surface area contributed by atoms with Crippen LogP contribution in [0, 0.1) is 0 Å². The van der Waals surface area contributed by atoms with Gasteiger partial charge >= 0.3 is 25.7 Å². The molecule has 12 heteroatoms. The Morgan fingerprint density at radius 3 is 1.48 bits per heavy atom. The average molecular weight is 788 g/mol. The molecule has 0 aromatic rings. The van der Waals surface area contributed by atoms with Crippen LogP contribution in [-0.2, 0) is 37.5 Å². The number of aliphatic carboxylic acids is 1. The van der Waals surface area contributed by atoms with Gasteiger partial charge in [-0.05, 0) is 44.9 Å². The zero-order chi connectivity index (χ0) is 40.0. The first-order valence-corrected chi connectivity index (χ1v) is 22.8. The van der Waals surface area contributed by atoms with Crippen LogP contribution in [0.4, 0.5) is 0 Å². The summed E-state index contributed by atoms with van der Waals surface area (Å²) in [4.78, 5) is 45.9. The number of carboxylic acids is 1. The standard InChI is InChI=1S/C42H78NO10P/c1-3-5-7-9-11-13-15-17-19-21-23-25-27-29-31-33-40(44)50-35-38(36-51-54(48,49)52-37-39(43)42(46)47)53-41(45)34-32-30-28-26-24-22-20-18-16-14-12-10-8-6-4-2/h4,9,11,38-39H,2-3,5-8,10,12-37,43H2,1H3,(H,46,47)(H,48,49)/b11-9+/t38-,39+/m1/s1. The van der Waals surface area contributed by atoms with Crippen LogP contribution in [0.1, 0.15) is 193 Å². The zero-order valence-electron chi connectivity index (χ0n) is 33.9. The lowest BCUT2D eigenvalue weighted by Gasteiger charge is -2.20. The Hall–Kier alpha value is -2.04. The topological polar surface area (TPSA) is 172 Å². The monoisotopic (exact) mass is 788 g/mol. The molecule has 0 aromatic heterocycles. The Kier molecular flexibility index (Phi) is 36.4. The van der Waals surface area contributed by atoms with Crippen LogP contribution in [0.2, 0.25) is 0 Å². The fraction of sp³-hybridized carbons (Fsp3) is 0.833. The van der Waals surface area contributed by atoms with Crippen LogP contribution in [0.15, 0.2) is 24.8 Å². The van der Waals surface area contributed by atoms with E-state index in [0.717, 1.165) is 44.9 Å². The molecule has 0 bridgehead atoms. The van der Waals surface area contributed by atoms with E-state index in [1.807, 2.05) is 6.08 Å². The molecule has 0 spiro atoms. The van der Waals surface area contributed by atoms with Crippen LogP contribution in [0.5, 0.6) is 0 Å². The largest absolute Gasteiger partial charge is 0.480 e. The van der Waals surface area contributed by atoms with E-state index in [-0.39, 0.29) is 19.4 Å². The van der Waals surface area contributed by atoms with Crippen molar-refractivity contribution in [3.63, 3.8) is 0 Å². The maximum atomic E-state index is 12.6. The van der Waals surface area contributed by atoms with E-state index in [9.17, 15) is 23.8 Å². The summed E-state index contributed by atoms with van der Waals surface area (Å²) in [6.45, 7) is 4.30. The number of carbonyl (C=O) groups is 3. The number of allylic oxidation sites excluding steroid dienone is 3. The lowest BCUT2D eigenvalue weighted by molar-refractivity contribution is -0.161. The van der Waals surface area contributed by atoms with Gasteiger partial charge in [-0.3, -0.25) is 23.4 Å². The molecule has 0 aliphatic rings. The van der Waals surface area contributed by atoms with Crippen LogP contribution < -0.4 is 5.73 Å². The first-order chi connectivity index (χ1) is 26.1. The Labute approximate surface area is 328 Å². The van der Waals surface area contributed by atoms with Gasteiger partial charge in [-0.15, -0.1) is 6.58 Å². The van der Waals surface area contributed by atoms with E-state index >= 15 is 0 Å². The molecule has 0 aliphatic heterocycles. The molecule has 4 N–H and O–H groups in total. The molecule has 0 saturated carbocycles. The number of hydrogen-bond acceptors (Lipinski definition) is 9. The van der Waals surface area contributed by atoms with Crippen molar-refractivity contribution in [1.82, 2.24) is 0 Å². The lowest BCUT2D eigenvalue weighted by atomic mass is 10.0. The van der Waals surface area contributed by atoms with Crippen LogP contribution in [0.25, 0.3) is 0 Å². The minimum atomic E-state index is -4.71. The molecule has 0 rings (SSSR count). The number of unbranched alkanes of at least 4 members (excludes halogenated alkanes) is 24. The van der Waals surface area contributed by atoms with Crippen molar-refractivity contribution in [2.24, 2.45) is 5.73 Å². The van der Waals surface area contributed by atoms with E-state index in [1.54, 1.807) is 0 Å². The van der Waals surface area contributed by atoms with Gasteiger partial charge in [0.05, 0.1) is 13.2 Å². The second-order valence-electron chi connectivity index (χ2n) is 14.6. The Balaban J connectivity index is 4.34. The molecule has 1 unspecified atom stereocenters. The number of rotatable bonds is 41. The number of phosphoric acid groups is 1. The minimum Gasteiger partial charge on any atom is -0.480 e. The third-order valence-electron chi connectivity index (χ3n) is 9.32. The van der Waals surface area contributed by atoms with E-state index in [0.29, 0.717) is 12.8 Å². The molecule has 54 heavy (non-hydrogen) atoms. The van der Waals surface area contributed by atoms with Crippen LogP contribution in [0.3, 0.4) is 0 Å². The third-order valence-corrected chi connectivity index (χ3v) is 10.3. The minimum absolute atomic E-state index is 0.161. The maximum absolute atomic E-state index is 12.6. The van der Waals surface area contributed by atoms with Gasteiger partial charge in [0.1, 0.15) is 12.6 Å². The Morgan fingerprint density at radius 2 is 1.02 bits per heavy atom. The first kappa shape index (κ1) is 52.0. The van der Waals surface area contributed by atoms with Gasteiger partial charge in [-0.2, -0.15) is 0 Å². The summed E-state index contributed by atoms with van der Waals surface area (Å²) < 4.78 is 32.7. The molecular formula is C42H78NO10P. The molecule has 0 aromatic carbocycles. The zero-order valence-corrected chi connectivity index (χ0v) is 34.8. The van der Waals surface area contributed by atoms with Crippen molar-refractivity contribution in [1.29, 1.82) is 0 Å². The number of hydrogen-bond donors (Lipinski definition) is 3. The molecule has 0 heterocycles. The SMILES string of the molecule is C=CCCCCCCCCCCCCCCCC(=O)O[C@H](COC(=O)CCCCCCCCCCC/C=C/CCCC)COP(=O)(O)OC[C@H](N)C(=O)O. The lowest BCUT2D eigenvalue weighted by Crippen LogP contribution is -2.34. The van der Waals surface area contributed by atoms with Gasteiger partial charge in [-0.25, -0.2) is 4.57 Å². The fourth-order valence-corrected chi connectivity index (χ4v) is 6.69. The number of ether oxygens (including phenoxy) is 2. The van der Waals surface area contributed by atoms with Crippen molar-refractivity contribution in [2.75, 3.05) is 19.8 Å². The van der Waals surface area contributed by atoms with Gasteiger partial charge in [-0.1, -0.05) is 154 Å². The van der Waals surface area contributed by atoms with E-state index < -0.39 is 51.1 Å². The molecule has 3 atom stereocenters. The van der Waals surface area contributed by atoms with Gasteiger partial charge in [0.25, 0.3) is 0 Å². The number of esters is 2. The Bertz CT molecular complexity index is 1010. The van der Waals surface area contributed by atoms with Crippen LogP contribution >= 0.6 is 7.82 Å². The summed E-state index contributed by atoms with van der Waals surface area (Å²) in [6, 6.07) is -1.52.